The van der Waals surface area contributed by atoms with Gasteiger partial charge in [0, 0.05) is 48.8 Å². The second-order valence-corrected chi connectivity index (χ2v) is 14.7. The quantitative estimate of drug-likeness (QED) is 0.160. The molecule has 1 aliphatic rings. The van der Waals surface area contributed by atoms with Crippen LogP contribution in [0.3, 0.4) is 0 Å². The minimum absolute atomic E-state index is 0.0188. The lowest BCUT2D eigenvalue weighted by molar-refractivity contribution is -0.748. The monoisotopic (exact) mass is 669 g/mol. The lowest BCUT2D eigenvalue weighted by atomic mass is 9.82. The average molecular weight is 670 g/mol. The number of anilines is 3. The molecule has 8 aromatic rings. The Kier molecular flexibility index (Phi) is 7.82. The van der Waals surface area contributed by atoms with E-state index >= 15 is 0 Å². The van der Waals surface area contributed by atoms with E-state index in [0.29, 0.717) is 0 Å². The number of fused-ring (bicyclic) bond motifs is 4. The van der Waals surface area contributed by atoms with Gasteiger partial charge in [-0.25, -0.2) is 0 Å². The van der Waals surface area contributed by atoms with Crippen molar-refractivity contribution < 1.29 is 4.57 Å². The Morgan fingerprint density at radius 1 is 0.462 bits per heavy atom. The fraction of sp³-hybridized carbons (Fsp3) is 0.100. The number of benzene rings is 7. The summed E-state index contributed by atoms with van der Waals surface area (Å²) in [6.45, 7) is 6.98. The van der Waals surface area contributed by atoms with Crippen LogP contribution in [0.4, 0.5) is 17.1 Å². The van der Waals surface area contributed by atoms with Crippen LogP contribution in [0.5, 0.6) is 0 Å². The molecule has 0 bridgehead atoms. The molecule has 52 heavy (non-hydrogen) atoms. The third-order valence-corrected chi connectivity index (χ3v) is 10.6. The van der Waals surface area contributed by atoms with Gasteiger partial charge >= 0.3 is 0 Å². The molecule has 1 aliphatic heterocycles. The van der Waals surface area contributed by atoms with Crippen LogP contribution < -0.4 is 9.47 Å². The highest BCUT2D eigenvalue weighted by molar-refractivity contribution is 5.88. The van der Waals surface area contributed by atoms with E-state index in [-0.39, 0.29) is 5.54 Å². The summed E-state index contributed by atoms with van der Waals surface area (Å²) in [5, 5.41) is 2.55. The van der Waals surface area contributed by atoms with E-state index in [2.05, 4.69) is 212 Å². The first kappa shape index (κ1) is 31.7. The van der Waals surface area contributed by atoms with Gasteiger partial charge in [-0.3, -0.25) is 0 Å². The SMILES string of the molecule is Cc1cc2c(cc1-c1cccc(-c3cc(-c4ccccc4)cc(N(c4ccccc4)c4ccccc4)c3)c1)-c1cc3ccccc3c[n+]1C(C)(C)C2. The second-order valence-electron chi connectivity index (χ2n) is 14.7. The standard InChI is InChI=1S/C50H41N2/c1-35-26-43-33-50(2,3)51-34-40-19-14-13-18-38(40)31-49(51)48(43)32-47(35)39-21-15-20-37(27-39)42-28-41(36-16-7-4-8-17-36)29-46(30-42)52(44-22-9-5-10-23-44)45-24-11-6-12-25-45/h4-32,34H,33H2,1-3H3/q+1. The Morgan fingerprint density at radius 2 is 1.02 bits per heavy atom. The maximum atomic E-state index is 2.50. The molecule has 0 saturated heterocycles. The summed E-state index contributed by atoms with van der Waals surface area (Å²) in [5.74, 6) is 0. The molecule has 2 heteroatoms. The molecule has 7 aromatic carbocycles. The van der Waals surface area contributed by atoms with Crippen molar-refractivity contribution in [2.24, 2.45) is 0 Å². The highest BCUT2D eigenvalue weighted by atomic mass is 15.1. The normalized spacial score (nSPS) is 13.0. The number of aromatic nitrogens is 1. The largest absolute Gasteiger partial charge is 0.310 e. The number of hydrogen-bond acceptors (Lipinski definition) is 1. The second kappa shape index (κ2) is 12.8. The summed E-state index contributed by atoms with van der Waals surface area (Å²) >= 11 is 0. The van der Waals surface area contributed by atoms with E-state index in [0.717, 1.165) is 23.5 Å². The molecule has 0 N–H and O–H groups in total. The third kappa shape index (κ3) is 5.77. The van der Waals surface area contributed by atoms with Gasteiger partial charge in [0.25, 0.3) is 0 Å². The molecule has 1 aromatic heterocycles. The van der Waals surface area contributed by atoms with E-state index < -0.39 is 0 Å². The number of pyridine rings is 1. The molecule has 250 valence electrons. The number of para-hydroxylation sites is 2. The molecule has 0 radical (unpaired) electrons. The molecular formula is C50H41N2+. The maximum absolute atomic E-state index is 2.50. The van der Waals surface area contributed by atoms with Crippen molar-refractivity contribution in [1.82, 2.24) is 0 Å². The van der Waals surface area contributed by atoms with Crippen LogP contribution in [0.25, 0.3) is 55.4 Å². The molecule has 2 nitrogen and oxygen atoms in total. The van der Waals surface area contributed by atoms with Crippen molar-refractivity contribution in [3.05, 3.63) is 193 Å². The van der Waals surface area contributed by atoms with Gasteiger partial charge in [-0.1, -0.05) is 109 Å². The van der Waals surface area contributed by atoms with Crippen molar-refractivity contribution in [3.63, 3.8) is 0 Å². The van der Waals surface area contributed by atoms with Gasteiger partial charge in [-0.15, -0.1) is 0 Å². The maximum Gasteiger partial charge on any atom is 0.213 e. The summed E-state index contributed by atoms with van der Waals surface area (Å²) < 4.78 is 2.50. The van der Waals surface area contributed by atoms with E-state index in [9.17, 15) is 0 Å². The Morgan fingerprint density at radius 3 is 1.71 bits per heavy atom. The number of aryl methyl sites for hydroxylation is 1. The summed E-state index contributed by atoms with van der Waals surface area (Å²) in [4.78, 5) is 2.35. The first-order chi connectivity index (χ1) is 25.4. The van der Waals surface area contributed by atoms with Crippen LogP contribution in [-0.2, 0) is 12.0 Å². The van der Waals surface area contributed by atoms with E-state index in [1.807, 2.05) is 0 Å². The van der Waals surface area contributed by atoms with Gasteiger partial charge in [0.2, 0.25) is 5.69 Å². The predicted molar refractivity (Wildman–Crippen MR) is 218 cm³/mol. The molecule has 2 heterocycles. The topological polar surface area (TPSA) is 7.12 Å². The summed E-state index contributed by atoms with van der Waals surface area (Å²) in [6.07, 6.45) is 3.34. The number of hydrogen-bond donors (Lipinski definition) is 0. The van der Waals surface area contributed by atoms with Crippen LogP contribution in [0.2, 0.25) is 0 Å². The zero-order valence-corrected chi connectivity index (χ0v) is 29.9. The van der Waals surface area contributed by atoms with Crippen LogP contribution in [0, 0.1) is 6.92 Å². The average Bonchev–Trinajstić information content (AvgIpc) is 3.18. The third-order valence-electron chi connectivity index (χ3n) is 10.6. The van der Waals surface area contributed by atoms with Crippen LogP contribution in [0.1, 0.15) is 25.0 Å². The van der Waals surface area contributed by atoms with E-state index in [1.165, 1.54) is 66.5 Å². The number of nitrogens with zero attached hydrogens (tertiary/aromatic N) is 2. The molecule has 0 amide bonds. The minimum atomic E-state index is -0.0188. The number of rotatable bonds is 6. The Balaban J connectivity index is 1.20. The fourth-order valence-corrected chi connectivity index (χ4v) is 8.08. The van der Waals surface area contributed by atoms with Crippen LogP contribution in [-0.4, -0.2) is 0 Å². The molecule has 0 saturated carbocycles. The van der Waals surface area contributed by atoms with Crippen molar-refractivity contribution in [1.29, 1.82) is 0 Å². The van der Waals surface area contributed by atoms with E-state index in [4.69, 9.17) is 0 Å². The Labute approximate surface area is 306 Å². The first-order valence-corrected chi connectivity index (χ1v) is 18.2. The van der Waals surface area contributed by atoms with Crippen LogP contribution >= 0.6 is 0 Å². The van der Waals surface area contributed by atoms with Crippen molar-refractivity contribution in [2.45, 2.75) is 32.7 Å². The summed E-state index contributed by atoms with van der Waals surface area (Å²) in [5.41, 5.74) is 15.9. The molecule has 0 atom stereocenters. The Bertz CT molecular complexity index is 2530. The Hall–Kier alpha value is -6.25. The van der Waals surface area contributed by atoms with Gasteiger partial charge < -0.3 is 4.90 Å². The summed E-state index contributed by atoms with van der Waals surface area (Å²) in [7, 11) is 0. The lowest BCUT2D eigenvalue weighted by Crippen LogP contribution is -2.57. The zero-order valence-electron chi connectivity index (χ0n) is 29.9. The zero-order chi connectivity index (χ0) is 35.2. The van der Waals surface area contributed by atoms with Crippen molar-refractivity contribution >= 4 is 27.8 Å². The van der Waals surface area contributed by atoms with Gasteiger partial charge in [-0.05, 0) is 117 Å². The van der Waals surface area contributed by atoms with Gasteiger partial charge in [0.15, 0.2) is 11.7 Å². The fourth-order valence-electron chi connectivity index (χ4n) is 8.08. The highest BCUT2D eigenvalue weighted by Gasteiger charge is 2.39. The lowest BCUT2D eigenvalue weighted by Gasteiger charge is -2.29. The highest BCUT2D eigenvalue weighted by Crippen LogP contribution is 2.42. The molecule has 9 rings (SSSR count). The summed E-state index contributed by atoms with van der Waals surface area (Å²) in [6, 6.07) is 64.1. The molecule has 0 aliphatic carbocycles. The van der Waals surface area contributed by atoms with E-state index in [1.54, 1.807) is 0 Å². The molecule has 0 spiro atoms. The minimum Gasteiger partial charge on any atom is -0.310 e. The van der Waals surface area contributed by atoms with Gasteiger partial charge in [0.05, 0.1) is 5.56 Å². The van der Waals surface area contributed by atoms with Crippen molar-refractivity contribution in [2.75, 3.05) is 4.90 Å². The smallest absolute Gasteiger partial charge is 0.213 e. The molecule has 0 fully saturated rings. The predicted octanol–water partition coefficient (Wildman–Crippen LogP) is 12.9. The van der Waals surface area contributed by atoms with Gasteiger partial charge in [0.1, 0.15) is 0 Å². The van der Waals surface area contributed by atoms with Crippen molar-refractivity contribution in [3.8, 4) is 44.6 Å². The molecule has 0 unspecified atom stereocenters. The molecular weight excluding hydrogens is 629 g/mol. The first-order valence-electron chi connectivity index (χ1n) is 18.2. The van der Waals surface area contributed by atoms with Crippen LogP contribution in [0.15, 0.2) is 182 Å². The van der Waals surface area contributed by atoms with Gasteiger partial charge in [-0.2, -0.15) is 4.57 Å².